The summed E-state index contributed by atoms with van der Waals surface area (Å²) in [7, 11) is 0. The van der Waals surface area contributed by atoms with Crippen LogP contribution in [0.15, 0.2) is 36.4 Å². The predicted molar refractivity (Wildman–Crippen MR) is 109 cm³/mol. The number of ether oxygens (including phenoxy) is 2. The van der Waals surface area contributed by atoms with Gasteiger partial charge in [-0.1, -0.05) is 35.9 Å². The number of aryl methyl sites for hydroxylation is 1. The maximum atomic E-state index is 12.4. The first-order valence-corrected chi connectivity index (χ1v) is 10.8. The molecule has 1 aliphatic heterocycles. The first-order chi connectivity index (χ1) is 13.2. The van der Waals surface area contributed by atoms with Gasteiger partial charge in [0, 0.05) is 5.75 Å². The van der Waals surface area contributed by atoms with Gasteiger partial charge in [0.15, 0.2) is 11.5 Å². The average Bonchev–Trinajstić information content (AvgIpc) is 2.68. The molecule has 1 aliphatic carbocycles. The lowest BCUT2D eigenvalue weighted by molar-refractivity contribution is -0.119. The van der Waals surface area contributed by atoms with Crippen molar-refractivity contribution in [3.8, 4) is 11.5 Å². The van der Waals surface area contributed by atoms with Gasteiger partial charge in [0.1, 0.15) is 13.2 Å². The molecule has 2 aromatic carbocycles. The lowest BCUT2D eigenvalue weighted by Crippen LogP contribution is -2.32. The second-order valence-electron chi connectivity index (χ2n) is 6.81. The van der Waals surface area contributed by atoms with Crippen LogP contribution in [0.2, 0.25) is 5.02 Å². The molecule has 0 fully saturated rings. The highest BCUT2D eigenvalue weighted by atomic mass is 35.5. The molecule has 142 valence electrons. The minimum absolute atomic E-state index is 0.0744. The van der Waals surface area contributed by atoms with Crippen molar-refractivity contribution in [2.24, 2.45) is 0 Å². The number of carbonyl (C=O) groups is 1. The number of carbonyl (C=O) groups excluding carboxylic acids is 1. The molecule has 1 amide bonds. The van der Waals surface area contributed by atoms with E-state index in [9.17, 15) is 4.79 Å². The quantitative estimate of drug-likeness (QED) is 0.796. The second-order valence-corrected chi connectivity index (χ2v) is 8.20. The van der Waals surface area contributed by atoms with E-state index >= 15 is 0 Å². The minimum Gasteiger partial charge on any atom is -0.486 e. The molecule has 0 radical (unpaired) electrons. The number of rotatable bonds is 5. The van der Waals surface area contributed by atoms with Crippen LogP contribution in [0.4, 0.5) is 0 Å². The second kappa shape index (κ2) is 8.44. The van der Waals surface area contributed by atoms with E-state index in [1.807, 2.05) is 18.2 Å². The van der Waals surface area contributed by atoms with Crippen LogP contribution in [-0.2, 0) is 17.0 Å². The van der Waals surface area contributed by atoms with Gasteiger partial charge in [-0.2, -0.15) is 0 Å². The first-order valence-electron chi connectivity index (χ1n) is 9.23. The van der Waals surface area contributed by atoms with E-state index in [0.29, 0.717) is 41.2 Å². The lowest BCUT2D eigenvalue weighted by atomic mass is 9.88. The smallest absolute Gasteiger partial charge is 0.230 e. The molecule has 1 N–H and O–H groups in total. The van der Waals surface area contributed by atoms with Gasteiger partial charge in [-0.25, -0.2) is 0 Å². The van der Waals surface area contributed by atoms with E-state index in [4.69, 9.17) is 21.1 Å². The average molecular weight is 404 g/mol. The molecule has 0 saturated heterocycles. The number of thioether (sulfide) groups is 1. The normalized spacial score (nSPS) is 17.9. The number of hydrogen-bond acceptors (Lipinski definition) is 4. The number of fused-ring (bicyclic) bond motifs is 2. The van der Waals surface area contributed by atoms with Crippen LogP contribution in [-0.4, -0.2) is 24.9 Å². The predicted octanol–water partition coefficient (Wildman–Crippen LogP) is 4.54. The maximum Gasteiger partial charge on any atom is 0.230 e. The maximum absolute atomic E-state index is 12.4. The zero-order valence-corrected chi connectivity index (χ0v) is 16.6. The lowest BCUT2D eigenvalue weighted by Gasteiger charge is -2.26. The van der Waals surface area contributed by atoms with Crippen molar-refractivity contribution in [2.45, 2.75) is 31.1 Å². The third-order valence-corrected chi connectivity index (χ3v) is 6.15. The number of hydrogen-bond donors (Lipinski definition) is 1. The highest BCUT2D eigenvalue weighted by molar-refractivity contribution is 7.99. The summed E-state index contributed by atoms with van der Waals surface area (Å²) in [6, 6.07) is 12.4. The molecule has 4 nitrogen and oxygen atoms in total. The van der Waals surface area contributed by atoms with E-state index < -0.39 is 0 Å². The van der Waals surface area contributed by atoms with Gasteiger partial charge in [-0.15, -0.1) is 11.8 Å². The van der Waals surface area contributed by atoms with E-state index in [1.165, 1.54) is 11.1 Å². The zero-order valence-electron chi connectivity index (χ0n) is 15.0. The van der Waals surface area contributed by atoms with Crippen molar-refractivity contribution in [3.63, 3.8) is 0 Å². The van der Waals surface area contributed by atoms with E-state index in [2.05, 4.69) is 23.5 Å². The van der Waals surface area contributed by atoms with E-state index in [1.54, 1.807) is 11.8 Å². The number of amides is 1. The number of benzene rings is 2. The number of halogens is 1. The van der Waals surface area contributed by atoms with Crippen molar-refractivity contribution in [1.82, 2.24) is 5.32 Å². The Balaban J connectivity index is 1.31. The van der Waals surface area contributed by atoms with Gasteiger partial charge < -0.3 is 14.8 Å². The standard InChI is InChI=1S/C21H22ClNO3S/c22-17-10-14(11-19-21(17)26-9-8-25-19)12-27-13-20(24)23-18-7-3-5-15-4-1-2-6-16(15)18/h1-2,4,6,10-11,18H,3,5,7-9,12-13H2,(H,23,24)/t18-/m0/s1. The molecular weight excluding hydrogens is 382 g/mol. The Bertz CT molecular complexity index is 842. The Hall–Kier alpha value is -1.85. The van der Waals surface area contributed by atoms with Crippen LogP contribution in [0.3, 0.4) is 0 Å². The molecule has 2 aliphatic rings. The van der Waals surface area contributed by atoms with Gasteiger partial charge in [0.2, 0.25) is 5.91 Å². The Kier molecular flexibility index (Phi) is 5.79. The third-order valence-electron chi connectivity index (χ3n) is 4.86. The molecule has 2 aromatic rings. The highest BCUT2D eigenvalue weighted by Crippen LogP contribution is 2.39. The molecule has 6 heteroatoms. The molecule has 0 bridgehead atoms. The summed E-state index contributed by atoms with van der Waals surface area (Å²) in [4.78, 5) is 12.4. The van der Waals surface area contributed by atoms with Gasteiger partial charge in [-0.3, -0.25) is 4.79 Å². The topological polar surface area (TPSA) is 47.6 Å². The molecule has 1 heterocycles. The van der Waals surface area contributed by atoms with Crippen LogP contribution < -0.4 is 14.8 Å². The SMILES string of the molecule is O=C(CSCc1cc(Cl)c2c(c1)OCCO2)N[C@H]1CCCc2ccccc21. The summed E-state index contributed by atoms with van der Waals surface area (Å²) in [6.07, 6.45) is 3.22. The minimum atomic E-state index is 0.0744. The van der Waals surface area contributed by atoms with Gasteiger partial charge in [0.25, 0.3) is 0 Å². The van der Waals surface area contributed by atoms with Crippen molar-refractivity contribution in [1.29, 1.82) is 0 Å². The van der Waals surface area contributed by atoms with Crippen LogP contribution >= 0.6 is 23.4 Å². The van der Waals surface area contributed by atoms with Crippen molar-refractivity contribution in [2.75, 3.05) is 19.0 Å². The number of nitrogens with one attached hydrogen (secondary N) is 1. The molecular formula is C21H22ClNO3S. The Morgan fingerprint density at radius 1 is 1.22 bits per heavy atom. The first kappa shape index (κ1) is 18.5. The van der Waals surface area contributed by atoms with Crippen LogP contribution in [0.25, 0.3) is 0 Å². The largest absolute Gasteiger partial charge is 0.486 e. The van der Waals surface area contributed by atoms with E-state index in [0.717, 1.165) is 24.8 Å². The summed E-state index contributed by atoms with van der Waals surface area (Å²) in [6.45, 7) is 1.05. The molecule has 0 aromatic heterocycles. The zero-order chi connectivity index (χ0) is 18.6. The molecule has 4 rings (SSSR count). The molecule has 0 unspecified atom stereocenters. The monoisotopic (exact) mass is 403 g/mol. The fourth-order valence-electron chi connectivity index (χ4n) is 3.65. The summed E-state index contributed by atoms with van der Waals surface area (Å²) in [5.41, 5.74) is 3.65. The van der Waals surface area contributed by atoms with Crippen LogP contribution in [0.5, 0.6) is 11.5 Å². The Labute approximate surface area is 168 Å². The van der Waals surface area contributed by atoms with Gasteiger partial charge >= 0.3 is 0 Å². The molecule has 1 atom stereocenters. The molecule has 27 heavy (non-hydrogen) atoms. The van der Waals surface area contributed by atoms with Crippen molar-refractivity contribution < 1.29 is 14.3 Å². The summed E-state index contributed by atoms with van der Waals surface area (Å²) >= 11 is 7.85. The molecule has 0 spiro atoms. The van der Waals surface area contributed by atoms with Crippen LogP contribution in [0.1, 0.15) is 35.6 Å². The summed E-state index contributed by atoms with van der Waals surface area (Å²) < 4.78 is 11.1. The summed E-state index contributed by atoms with van der Waals surface area (Å²) in [5.74, 6) is 2.50. The fraction of sp³-hybridized carbons (Fsp3) is 0.381. The molecule has 0 saturated carbocycles. The van der Waals surface area contributed by atoms with Crippen LogP contribution in [0, 0.1) is 0 Å². The van der Waals surface area contributed by atoms with Crippen molar-refractivity contribution >= 4 is 29.3 Å². The fourth-order valence-corrected chi connectivity index (χ4v) is 4.71. The van der Waals surface area contributed by atoms with Gasteiger partial charge in [0.05, 0.1) is 16.8 Å². The Morgan fingerprint density at radius 2 is 2.07 bits per heavy atom. The van der Waals surface area contributed by atoms with E-state index in [-0.39, 0.29) is 11.9 Å². The highest BCUT2D eigenvalue weighted by Gasteiger charge is 2.21. The van der Waals surface area contributed by atoms with Crippen molar-refractivity contribution in [3.05, 3.63) is 58.1 Å². The summed E-state index contributed by atoms with van der Waals surface area (Å²) in [5, 5.41) is 3.75. The third kappa shape index (κ3) is 4.36. The Morgan fingerprint density at radius 3 is 3.00 bits per heavy atom. The van der Waals surface area contributed by atoms with Gasteiger partial charge in [-0.05, 0) is 48.1 Å².